The molecule has 0 bridgehead atoms. The lowest BCUT2D eigenvalue weighted by Gasteiger charge is -2.35. The summed E-state index contributed by atoms with van der Waals surface area (Å²) in [5, 5.41) is 3.50. The lowest BCUT2D eigenvalue weighted by Crippen LogP contribution is -2.46. The largest absolute Gasteiger partial charge is 0.379 e. The molecule has 150 valence electrons. The molecule has 1 unspecified atom stereocenters. The molecule has 1 N–H and O–H groups in total. The third kappa shape index (κ3) is 5.53. The zero-order valence-corrected chi connectivity index (χ0v) is 16.6. The molecular formula is C22H29FN4O. The fourth-order valence-corrected chi connectivity index (χ4v) is 3.58. The summed E-state index contributed by atoms with van der Waals surface area (Å²) in [4.78, 5) is 8.87. The van der Waals surface area contributed by atoms with Gasteiger partial charge in [0.15, 0.2) is 5.96 Å². The van der Waals surface area contributed by atoms with E-state index in [4.69, 9.17) is 4.74 Å². The van der Waals surface area contributed by atoms with Crippen LogP contribution in [0.1, 0.15) is 17.2 Å². The van der Waals surface area contributed by atoms with E-state index >= 15 is 0 Å². The summed E-state index contributed by atoms with van der Waals surface area (Å²) in [5.74, 6) is 0.573. The molecule has 0 aromatic heterocycles. The minimum atomic E-state index is -0.217. The lowest BCUT2D eigenvalue weighted by molar-refractivity contribution is 0.0169. The van der Waals surface area contributed by atoms with Gasteiger partial charge in [-0.05, 0) is 23.3 Å². The SMILES string of the molecule is CN=C(NCC(c1ccccc1)N1CCOCC1)N(C)Cc1cccc(F)c1. The Morgan fingerprint density at radius 1 is 1.18 bits per heavy atom. The van der Waals surface area contributed by atoms with Crippen molar-refractivity contribution in [3.63, 3.8) is 0 Å². The van der Waals surface area contributed by atoms with Gasteiger partial charge in [0.25, 0.3) is 0 Å². The number of aliphatic imine (C=N–C) groups is 1. The van der Waals surface area contributed by atoms with Crippen LogP contribution in [-0.4, -0.2) is 62.7 Å². The van der Waals surface area contributed by atoms with Crippen molar-refractivity contribution < 1.29 is 9.13 Å². The highest BCUT2D eigenvalue weighted by atomic mass is 19.1. The quantitative estimate of drug-likeness (QED) is 0.614. The molecule has 1 aliphatic rings. The number of halogens is 1. The first kappa shape index (κ1) is 20.3. The number of ether oxygens (including phenoxy) is 1. The number of rotatable bonds is 6. The van der Waals surface area contributed by atoms with Gasteiger partial charge in [0.05, 0.1) is 19.3 Å². The van der Waals surface area contributed by atoms with E-state index in [-0.39, 0.29) is 11.9 Å². The van der Waals surface area contributed by atoms with Crippen molar-refractivity contribution in [2.75, 3.05) is 46.9 Å². The third-order valence-corrected chi connectivity index (χ3v) is 5.01. The minimum absolute atomic E-state index is 0.217. The molecule has 0 saturated carbocycles. The smallest absolute Gasteiger partial charge is 0.193 e. The van der Waals surface area contributed by atoms with Gasteiger partial charge in [-0.1, -0.05) is 42.5 Å². The van der Waals surface area contributed by atoms with Crippen molar-refractivity contribution >= 4 is 5.96 Å². The van der Waals surface area contributed by atoms with E-state index in [9.17, 15) is 4.39 Å². The summed E-state index contributed by atoms with van der Waals surface area (Å²) in [6, 6.07) is 17.5. The monoisotopic (exact) mass is 384 g/mol. The van der Waals surface area contributed by atoms with E-state index in [1.807, 2.05) is 24.1 Å². The summed E-state index contributed by atoms with van der Waals surface area (Å²) in [7, 11) is 3.74. The van der Waals surface area contributed by atoms with Gasteiger partial charge in [-0.25, -0.2) is 4.39 Å². The Labute approximate surface area is 166 Å². The van der Waals surface area contributed by atoms with Crippen molar-refractivity contribution in [2.24, 2.45) is 4.99 Å². The molecule has 2 aromatic rings. The van der Waals surface area contributed by atoms with E-state index in [0.717, 1.165) is 44.4 Å². The van der Waals surface area contributed by atoms with Crippen molar-refractivity contribution in [1.29, 1.82) is 0 Å². The molecule has 1 heterocycles. The molecule has 2 aromatic carbocycles. The van der Waals surface area contributed by atoms with Crippen LogP contribution in [0.5, 0.6) is 0 Å². The first-order valence-corrected chi connectivity index (χ1v) is 9.70. The molecule has 1 atom stereocenters. The van der Waals surface area contributed by atoms with Crippen molar-refractivity contribution in [2.45, 2.75) is 12.6 Å². The number of guanidine groups is 1. The van der Waals surface area contributed by atoms with Gasteiger partial charge >= 0.3 is 0 Å². The molecule has 3 rings (SSSR count). The zero-order valence-electron chi connectivity index (χ0n) is 16.6. The Kier molecular flexibility index (Phi) is 7.39. The molecule has 6 heteroatoms. The van der Waals surface area contributed by atoms with Crippen LogP contribution in [0.2, 0.25) is 0 Å². The molecule has 1 aliphatic heterocycles. The van der Waals surface area contributed by atoms with E-state index in [2.05, 4.69) is 39.5 Å². The molecule has 0 amide bonds. The first-order valence-electron chi connectivity index (χ1n) is 9.70. The third-order valence-electron chi connectivity index (χ3n) is 5.01. The molecule has 0 spiro atoms. The molecule has 1 fully saturated rings. The van der Waals surface area contributed by atoms with Gasteiger partial charge in [0.1, 0.15) is 5.82 Å². The molecule has 28 heavy (non-hydrogen) atoms. The minimum Gasteiger partial charge on any atom is -0.379 e. The number of hydrogen-bond donors (Lipinski definition) is 1. The van der Waals surface area contributed by atoms with E-state index < -0.39 is 0 Å². The second kappa shape index (κ2) is 10.2. The standard InChI is InChI=1S/C22H29FN4O/c1-24-22(26(2)17-18-7-6-10-20(23)15-18)25-16-21(19-8-4-3-5-9-19)27-11-13-28-14-12-27/h3-10,15,21H,11-14,16-17H2,1-2H3,(H,24,25). The molecule has 5 nitrogen and oxygen atoms in total. The number of nitrogens with one attached hydrogen (secondary N) is 1. The van der Waals surface area contributed by atoms with Crippen LogP contribution >= 0.6 is 0 Å². The molecule has 0 aliphatic carbocycles. The Bertz CT molecular complexity index is 762. The topological polar surface area (TPSA) is 40.1 Å². The summed E-state index contributed by atoms with van der Waals surface area (Å²) in [6.07, 6.45) is 0. The number of nitrogens with zero attached hydrogens (tertiary/aromatic N) is 3. The van der Waals surface area contributed by atoms with Crippen LogP contribution in [-0.2, 0) is 11.3 Å². The number of morpholine rings is 1. The molecule has 0 radical (unpaired) electrons. The second-order valence-corrected chi connectivity index (χ2v) is 6.99. The van der Waals surface area contributed by atoms with Crippen LogP contribution < -0.4 is 5.32 Å². The second-order valence-electron chi connectivity index (χ2n) is 6.99. The summed E-state index contributed by atoms with van der Waals surface area (Å²) in [6.45, 7) is 4.68. The van der Waals surface area contributed by atoms with Gasteiger partial charge in [-0.2, -0.15) is 0 Å². The van der Waals surface area contributed by atoms with Gasteiger partial charge in [0, 0.05) is 40.3 Å². The maximum Gasteiger partial charge on any atom is 0.193 e. The van der Waals surface area contributed by atoms with Crippen LogP contribution in [0.25, 0.3) is 0 Å². The average Bonchev–Trinajstić information content (AvgIpc) is 2.72. The molecular weight excluding hydrogens is 355 g/mol. The summed E-state index contributed by atoms with van der Waals surface area (Å²) in [5.41, 5.74) is 2.19. The Morgan fingerprint density at radius 2 is 1.93 bits per heavy atom. The van der Waals surface area contributed by atoms with E-state index in [1.54, 1.807) is 19.2 Å². The van der Waals surface area contributed by atoms with Crippen LogP contribution in [0.15, 0.2) is 59.6 Å². The highest BCUT2D eigenvalue weighted by Crippen LogP contribution is 2.21. The number of benzene rings is 2. The molecule has 1 saturated heterocycles. The maximum absolute atomic E-state index is 13.5. The van der Waals surface area contributed by atoms with Gasteiger partial charge in [0.2, 0.25) is 0 Å². The van der Waals surface area contributed by atoms with Gasteiger partial charge < -0.3 is 15.0 Å². The normalized spacial score (nSPS) is 16.6. The Hall–Kier alpha value is -2.44. The summed E-state index contributed by atoms with van der Waals surface area (Å²) >= 11 is 0. The average molecular weight is 384 g/mol. The van der Waals surface area contributed by atoms with Crippen molar-refractivity contribution in [3.05, 3.63) is 71.5 Å². The fraction of sp³-hybridized carbons (Fsp3) is 0.409. The van der Waals surface area contributed by atoms with Crippen molar-refractivity contribution in [3.8, 4) is 0 Å². The predicted octanol–water partition coefficient (Wildman–Crippen LogP) is 2.91. The Balaban J connectivity index is 1.66. The van der Waals surface area contributed by atoms with E-state index in [0.29, 0.717) is 6.54 Å². The van der Waals surface area contributed by atoms with Gasteiger partial charge in [-0.15, -0.1) is 0 Å². The van der Waals surface area contributed by atoms with E-state index in [1.165, 1.54) is 11.6 Å². The van der Waals surface area contributed by atoms with Crippen LogP contribution in [0, 0.1) is 5.82 Å². The highest BCUT2D eigenvalue weighted by molar-refractivity contribution is 5.79. The van der Waals surface area contributed by atoms with Crippen LogP contribution in [0.3, 0.4) is 0 Å². The predicted molar refractivity (Wildman–Crippen MR) is 111 cm³/mol. The highest BCUT2D eigenvalue weighted by Gasteiger charge is 2.23. The summed E-state index contributed by atoms with van der Waals surface area (Å²) < 4.78 is 19.0. The van der Waals surface area contributed by atoms with Gasteiger partial charge in [-0.3, -0.25) is 9.89 Å². The zero-order chi connectivity index (χ0) is 19.8. The lowest BCUT2D eigenvalue weighted by atomic mass is 10.0. The number of hydrogen-bond acceptors (Lipinski definition) is 3. The Morgan fingerprint density at radius 3 is 2.61 bits per heavy atom. The van der Waals surface area contributed by atoms with Crippen LogP contribution in [0.4, 0.5) is 4.39 Å². The maximum atomic E-state index is 13.5. The van der Waals surface area contributed by atoms with Crippen molar-refractivity contribution in [1.82, 2.24) is 15.1 Å². The fourth-order valence-electron chi connectivity index (χ4n) is 3.58. The first-order chi connectivity index (χ1) is 13.7.